The smallest absolute Gasteiger partial charge is 0.286 e. The minimum Gasteiger partial charge on any atom is -0.485 e. The van der Waals surface area contributed by atoms with Crippen LogP contribution in [0.25, 0.3) is 0 Å². The molecule has 0 spiro atoms. The van der Waals surface area contributed by atoms with Gasteiger partial charge in [0.05, 0.1) is 6.10 Å². The van der Waals surface area contributed by atoms with Crippen molar-refractivity contribution in [3.8, 4) is 5.75 Å². The molecule has 1 aromatic heterocycles. The number of hydrogen-bond acceptors (Lipinski definition) is 4. The first-order chi connectivity index (χ1) is 12.6. The minimum atomic E-state index is -0.229. The first kappa shape index (κ1) is 19.8. The summed E-state index contributed by atoms with van der Waals surface area (Å²) < 4.78 is 16.8. The number of amides is 1. The van der Waals surface area contributed by atoms with E-state index in [4.69, 9.17) is 13.9 Å². The van der Waals surface area contributed by atoms with E-state index < -0.39 is 0 Å². The average molecular weight is 357 g/mol. The Balaban J connectivity index is 1.80. The van der Waals surface area contributed by atoms with Crippen LogP contribution in [0.3, 0.4) is 0 Å². The first-order valence-electron chi connectivity index (χ1n) is 8.90. The quantitative estimate of drug-likeness (QED) is 0.485. The van der Waals surface area contributed by atoms with Crippen LogP contribution in [-0.4, -0.2) is 25.2 Å². The van der Waals surface area contributed by atoms with E-state index in [1.807, 2.05) is 44.2 Å². The van der Waals surface area contributed by atoms with Gasteiger partial charge >= 0.3 is 0 Å². The predicted molar refractivity (Wildman–Crippen MR) is 101 cm³/mol. The molecule has 2 aromatic rings. The van der Waals surface area contributed by atoms with Crippen LogP contribution in [-0.2, 0) is 17.8 Å². The lowest BCUT2D eigenvalue weighted by molar-refractivity contribution is 0.0753. The molecule has 0 aliphatic heterocycles. The number of benzene rings is 1. The van der Waals surface area contributed by atoms with Crippen molar-refractivity contribution < 1.29 is 18.7 Å². The molecule has 0 bridgehead atoms. The number of rotatable bonds is 11. The van der Waals surface area contributed by atoms with Crippen LogP contribution in [0.15, 0.2) is 53.5 Å². The van der Waals surface area contributed by atoms with E-state index in [9.17, 15) is 4.79 Å². The van der Waals surface area contributed by atoms with Gasteiger partial charge in [-0.3, -0.25) is 4.79 Å². The van der Waals surface area contributed by atoms with Crippen molar-refractivity contribution in [3.05, 3.63) is 66.1 Å². The fraction of sp³-hybridized carbons (Fsp3) is 0.381. The lowest BCUT2D eigenvalue weighted by atomic mass is 10.1. The third kappa shape index (κ3) is 6.41. The Bertz CT molecular complexity index is 706. The molecule has 1 amide bonds. The molecule has 0 atom stereocenters. The van der Waals surface area contributed by atoms with E-state index in [0.717, 1.165) is 24.2 Å². The maximum Gasteiger partial charge on any atom is 0.286 e. The molecular formula is C21H27NO4. The maximum absolute atomic E-state index is 12.1. The number of para-hydroxylation sites is 1. The van der Waals surface area contributed by atoms with Crippen molar-refractivity contribution >= 4 is 5.91 Å². The van der Waals surface area contributed by atoms with Crippen LogP contribution in [0.5, 0.6) is 5.75 Å². The van der Waals surface area contributed by atoms with E-state index in [1.54, 1.807) is 12.1 Å². The summed E-state index contributed by atoms with van der Waals surface area (Å²) in [6, 6.07) is 11.2. The monoisotopic (exact) mass is 357 g/mol. The van der Waals surface area contributed by atoms with Gasteiger partial charge in [0.15, 0.2) is 5.76 Å². The standard InChI is InChI=1S/C21H27NO4/c1-4-8-17-9-5-6-10-19(17)25-15-18-11-12-20(26-18)21(23)22-13-7-14-24-16(2)3/h4-6,9-12,16H,1,7-8,13-15H2,2-3H3,(H,22,23). The maximum atomic E-state index is 12.1. The Morgan fingerprint density at radius 3 is 2.85 bits per heavy atom. The molecule has 0 unspecified atom stereocenters. The molecule has 140 valence electrons. The van der Waals surface area contributed by atoms with Gasteiger partial charge in [0, 0.05) is 13.2 Å². The van der Waals surface area contributed by atoms with Crippen molar-refractivity contribution in [1.82, 2.24) is 5.32 Å². The lowest BCUT2D eigenvalue weighted by Gasteiger charge is -2.09. The second-order valence-electron chi connectivity index (χ2n) is 6.18. The highest BCUT2D eigenvalue weighted by Crippen LogP contribution is 2.20. The number of ether oxygens (including phenoxy) is 2. The number of carbonyl (C=O) groups is 1. The molecule has 0 fully saturated rings. The van der Waals surface area contributed by atoms with Gasteiger partial charge in [-0.2, -0.15) is 0 Å². The molecule has 1 N–H and O–H groups in total. The van der Waals surface area contributed by atoms with E-state index >= 15 is 0 Å². The molecule has 2 rings (SSSR count). The summed E-state index contributed by atoms with van der Waals surface area (Å²) in [5, 5.41) is 2.82. The Morgan fingerprint density at radius 2 is 2.08 bits per heavy atom. The summed E-state index contributed by atoms with van der Waals surface area (Å²) in [6.45, 7) is 9.17. The average Bonchev–Trinajstić information content (AvgIpc) is 3.10. The molecule has 5 nitrogen and oxygen atoms in total. The number of carbonyl (C=O) groups excluding carboxylic acids is 1. The highest BCUT2D eigenvalue weighted by atomic mass is 16.5. The number of nitrogens with one attached hydrogen (secondary N) is 1. The number of allylic oxidation sites excluding steroid dienone is 1. The zero-order valence-electron chi connectivity index (χ0n) is 15.5. The van der Waals surface area contributed by atoms with E-state index in [2.05, 4.69) is 11.9 Å². The molecular weight excluding hydrogens is 330 g/mol. The van der Waals surface area contributed by atoms with Crippen LogP contribution < -0.4 is 10.1 Å². The van der Waals surface area contributed by atoms with Gasteiger partial charge in [-0.15, -0.1) is 6.58 Å². The summed E-state index contributed by atoms with van der Waals surface area (Å²) in [5.41, 5.74) is 1.07. The second-order valence-corrected chi connectivity index (χ2v) is 6.18. The summed E-state index contributed by atoms with van der Waals surface area (Å²) >= 11 is 0. The molecule has 0 saturated heterocycles. The molecule has 26 heavy (non-hydrogen) atoms. The van der Waals surface area contributed by atoms with E-state index in [0.29, 0.717) is 18.9 Å². The Kier molecular flexibility index (Phi) is 7.96. The fourth-order valence-electron chi connectivity index (χ4n) is 2.38. The van der Waals surface area contributed by atoms with Gasteiger partial charge < -0.3 is 19.2 Å². The highest BCUT2D eigenvalue weighted by molar-refractivity contribution is 5.91. The summed E-state index contributed by atoms with van der Waals surface area (Å²) in [5.74, 6) is 1.45. The topological polar surface area (TPSA) is 60.7 Å². The molecule has 0 radical (unpaired) electrons. The van der Waals surface area contributed by atoms with Crippen molar-refractivity contribution in [2.45, 2.75) is 39.4 Å². The van der Waals surface area contributed by atoms with Crippen LogP contribution >= 0.6 is 0 Å². The van der Waals surface area contributed by atoms with Crippen LogP contribution in [0.1, 0.15) is 42.1 Å². The van der Waals surface area contributed by atoms with Gasteiger partial charge in [0.1, 0.15) is 18.1 Å². The zero-order chi connectivity index (χ0) is 18.8. The van der Waals surface area contributed by atoms with Gasteiger partial charge in [-0.05, 0) is 50.5 Å². The largest absolute Gasteiger partial charge is 0.485 e. The zero-order valence-corrected chi connectivity index (χ0v) is 15.5. The fourth-order valence-corrected chi connectivity index (χ4v) is 2.38. The van der Waals surface area contributed by atoms with Gasteiger partial charge in [-0.1, -0.05) is 24.3 Å². The molecule has 0 aliphatic rings. The van der Waals surface area contributed by atoms with Gasteiger partial charge in [-0.25, -0.2) is 0 Å². The molecule has 0 aliphatic carbocycles. The van der Waals surface area contributed by atoms with Gasteiger partial charge in [0.2, 0.25) is 0 Å². The Hall–Kier alpha value is -2.53. The summed E-state index contributed by atoms with van der Waals surface area (Å²) in [7, 11) is 0. The van der Waals surface area contributed by atoms with Crippen molar-refractivity contribution in [2.75, 3.05) is 13.2 Å². The second kappa shape index (κ2) is 10.5. The van der Waals surface area contributed by atoms with Crippen molar-refractivity contribution in [2.24, 2.45) is 0 Å². The minimum absolute atomic E-state index is 0.204. The number of hydrogen-bond donors (Lipinski definition) is 1. The third-order valence-electron chi connectivity index (χ3n) is 3.65. The molecule has 5 heteroatoms. The Morgan fingerprint density at radius 1 is 1.27 bits per heavy atom. The Labute approximate surface area is 155 Å². The van der Waals surface area contributed by atoms with E-state index in [1.165, 1.54) is 0 Å². The van der Waals surface area contributed by atoms with Crippen LogP contribution in [0.2, 0.25) is 0 Å². The SMILES string of the molecule is C=CCc1ccccc1OCc1ccc(C(=O)NCCCOC(C)C)o1. The summed E-state index contributed by atoms with van der Waals surface area (Å²) in [6.07, 6.45) is 3.54. The molecule has 0 saturated carbocycles. The normalized spacial score (nSPS) is 10.7. The molecule has 1 heterocycles. The van der Waals surface area contributed by atoms with Gasteiger partial charge in [0.25, 0.3) is 5.91 Å². The van der Waals surface area contributed by atoms with Crippen molar-refractivity contribution in [1.29, 1.82) is 0 Å². The summed E-state index contributed by atoms with van der Waals surface area (Å²) in [4.78, 5) is 12.1. The van der Waals surface area contributed by atoms with Crippen LogP contribution in [0.4, 0.5) is 0 Å². The van der Waals surface area contributed by atoms with Crippen LogP contribution in [0, 0.1) is 0 Å². The third-order valence-corrected chi connectivity index (χ3v) is 3.65. The first-order valence-corrected chi connectivity index (χ1v) is 8.90. The highest BCUT2D eigenvalue weighted by Gasteiger charge is 2.11. The van der Waals surface area contributed by atoms with Crippen molar-refractivity contribution in [3.63, 3.8) is 0 Å². The van der Waals surface area contributed by atoms with E-state index in [-0.39, 0.29) is 24.4 Å². The predicted octanol–water partition coefficient (Wildman–Crippen LogP) is 4.13. The molecule has 1 aromatic carbocycles. The lowest BCUT2D eigenvalue weighted by Crippen LogP contribution is -2.25. The number of furan rings is 1.